The van der Waals surface area contributed by atoms with Crippen LogP contribution in [-0.4, -0.2) is 25.4 Å². The molecule has 0 aliphatic carbocycles. The van der Waals surface area contributed by atoms with Crippen LogP contribution in [0.25, 0.3) is 0 Å². The highest BCUT2D eigenvalue weighted by atomic mass is 32.1. The Morgan fingerprint density at radius 2 is 1.94 bits per heavy atom. The number of aryl methyl sites for hydroxylation is 2. The van der Waals surface area contributed by atoms with Gasteiger partial charge in [-0.3, -0.25) is 0 Å². The van der Waals surface area contributed by atoms with Crippen molar-refractivity contribution in [3.8, 4) is 5.75 Å². The summed E-state index contributed by atoms with van der Waals surface area (Å²) in [6.07, 6.45) is 2.24. The Bertz CT molecular complexity index is 328. The van der Waals surface area contributed by atoms with Gasteiger partial charge in [0.2, 0.25) is 0 Å². The topological polar surface area (TPSA) is 21.3 Å². The van der Waals surface area contributed by atoms with Crippen LogP contribution in [0.15, 0.2) is 18.2 Å². The smallest absolute Gasteiger partial charge is 0.119 e. The number of benzene rings is 1. The Morgan fingerprint density at radius 1 is 1.12 bits per heavy atom. The van der Waals surface area contributed by atoms with Crippen molar-refractivity contribution in [3.63, 3.8) is 0 Å². The van der Waals surface area contributed by atoms with Crippen LogP contribution >= 0.6 is 12.6 Å². The summed E-state index contributed by atoms with van der Waals surface area (Å²) >= 11 is 4.14. The molecule has 1 N–H and O–H groups in total. The Kier molecular flexibility index (Phi) is 7.13. The van der Waals surface area contributed by atoms with Crippen molar-refractivity contribution >= 4 is 12.6 Å². The van der Waals surface area contributed by atoms with Crippen LogP contribution in [0.4, 0.5) is 0 Å². The van der Waals surface area contributed by atoms with Crippen molar-refractivity contribution in [2.24, 2.45) is 0 Å². The van der Waals surface area contributed by atoms with E-state index < -0.39 is 0 Å². The van der Waals surface area contributed by atoms with Gasteiger partial charge in [-0.15, -0.1) is 0 Å². The van der Waals surface area contributed by atoms with E-state index in [-0.39, 0.29) is 0 Å². The SMILES string of the molecule is Cc1ccc(OCCCCNCCS)cc1C. The molecule has 0 spiro atoms. The molecule has 0 aromatic heterocycles. The molecule has 0 saturated carbocycles. The van der Waals surface area contributed by atoms with Crippen LogP contribution in [0.2, 0.25) is 0 Å². The van der Waals surface area contributed by atoms with E-state index in [1.165, 1.54) is 11.1 Å². The number of rotatable bonds is 8. The standard InChI is InChI=1S/C14H23NOS/c1-12-5-6-14(11-13(12)2)16-9-4-3-7-15-8-10-17/h5-6,11,15,17H,3-4,7-10H2,1-2H3. The molecule has 0 bridgehead atoms. The number of ether oxygens (including phenoxy) is 1. The first-order valence-corrected chi connectivity index (χ1v) is 6.89. The third kappa shape index (κ3) is 5.99. The predicted octanol–water partition coefficient (Wildman–Crippen LogP) is 2.98. The lowest BCUT2D eigenvalue weighted by Crippen LogP contribution is -2.18. The zero-order chi connectivity index (χ0) is 12.5. The monoisotopic (exact) mass is 253 g/mol. The molecule has 2 nitrogen and oxygen atoms in total. The lowest BCUT2D eigenvalue weighted by molar-refractivity contribution is 0.306. The second kappa shape index (κ2) is 8.43. The van der Waals surface area contributed by atoms with Gasteiger partial charge in [-0.2, -0.15) is 12.6 Å². The third-order valence-electron chi connectivity index (χ3n) is 2.78. The van der Waals surface area contributed by atoms with Crippen LogP contribution < -0.4 is 10.1 Å². The number of thiol groups is 1. The molecule has 0 radical (unpaired) electrons. The second-order valence-electron chi connectivity index (χ2n) is 4.28. The minimum atomic E-state index is 0.797. The fraction of sp³-hybridized carbons (Fsp3) is 0.571. The Labute approximate surface area is 110 Å². The molecule has 3 heteroatoms. The molecule has 1 rings (SSSR count). The fourth-order valence-corrected chi connectivity index (χ4v) is 1.71. The van der Waals surface area contributed by atoms with E-state index in [0.717, 1.165) is 44.0 Å². The summed E-state index contributed by atoms with van der Waals surface area (Å²) in [5.74, 6) is 1.88. The van der Waals surface area contributed by atoms with E-state index in [1.807, 2.05) is 6.07 Å². The fourth-order valence-electron chi connectivity index (χ4n) is 1.55. The molecule has 1 aromatic carbocycles. The predicted molar refractivity (Wildman–Crippen MR) is 77.4 cm³/mol. The Balaban J connectivity index is 2.11. The molecule has 0 unspecified atom stereocenters. The first-order valence-electron chi connectivity index (χ1n) is 6.25. The highest BCUT2D eigenvalue weighted by Crippen LogP contribution is 2.16. The average molecular weight is 253 g/mol. The summed E-state index contributed by atoms with van der Waals surface area (Å²) in [5, 5.41) is 3.32. The summed E-state index contributed by atoms with van der Waals surface area (Å²) in [6, 6.07) is 6.26. The van der Waals surface area contributed by atoms with Crippen molar-refractivity contribution in [2.45, 2.75) is 26.7 Å². The Hall–Kier alpha value is -0.670. The lowest BCUT2D eigenvalue weighted by Gasteiger charge is -2.08. The maximum Gasteiger partial charge on any atom is 0.119 e. The van der Waals surface area contributed by atoms with Crippen LogP contribution in [0.5, 0.6) is 5.75 Å². The maximum absolute atomic E-state index is 5.71. The lowest BCUT2D eigenvalue weighted by atomic mass is 10.1. The van der Waals surface area contributed by atoms with Gasteiger partial charge >= 0.3 is 0 Å². The van der Waals surface area contributed by atoms with Gasteiger partial charge in [0, 0.05) is 12.3 Å². The summed E-state index contributed by atoms with van der Waals surface area (Å²) in [5.41, 5.74) is 2.60. The minimum absolute atomic E-state index is 0.797. The van der Waals surface area contributed by atoms with Crippen molar-refractivity contribution in [1.29, 1.82) is 0 Å². The number of nitrogens with one attached hydrogen (secondary N) is 1. The van der Waals surface area contributed by atoms with Crippen molar-refractivity contribution in [2.75, 3.05) is 25.4 Å². The van der Waals surface area contributed by atoms with Gasteiger partial charge in [-0.05, 0) is 56.5 Å². The van der Waals surface area contributed by atoms with Crippen molar-refractivity contribution < 1.29 is 4.74 Å². The maximum atomic E-state index is 5.71. The third-order valence-corrected chi connectivity index (χ3v) is 3.01. The highest BCUT2D eigenvalue weighted by molar-refractivity contribution is 7.80. The van der Waals surface area contributed by atoms with Crippen LogP contribution in [-0.2, 0) is 0 Å². The zero-order valence-electron chi connectivity index (χ0n) is 10.8. The van der Waals surface area contributed by atoms with E-state index in [1.54, 1.807) is 0 Å². The van der Waals surface area contributed by atoms with E-state index >= 15 is 0 Å². The molecular formula is C14H23NOS. The molecule has 0 saturated heterocycles. The van der Waals surface area contributed by atoms with Crippen molar-refractivity contribution in [1.82, 2.24) is 5.32 Å². The normalized spacial score (nSPS) is 10.5. The largest absolute Gasteiger partial charge is 0.494 e. The summed E-state index contributed by atoms with van der Waals surface area (Å²) in [6.45, 7) is 7.07. The van der Waals surface area contributed by atoms with Gasteiger partial charge < -0.3 is 10.1 Å². The highest BCUT2D eigenvalue weighted by Gasteiger charge is 1.97. The van der Waals surface area contributed by atoms with Gasteiger partial charge in [0.05, 0.1) is 6.61 Å². The molecule has 0 amide bonds. The summed E-state index contributed by atoms with van der Waals surface area (Å²) in [7, 11) is 0. The molecule has 1 aromatic rings. The number of unbranched alkanes of at least 4 members (excludes halogenated alkanes) is 1. The second-order valence-corrected chi connectivity index (χ2v) is 4.72. The number of hydrogen-bond donors (Lipinski definition) is 2. The summed E-state index contributed by atoms with van der Waals surface area (Å²) in [4.78, 5) is 0. The molecule has 0 aliphatic rings. The molecule has 17 heavy (non-hydrogen) atoms. The van der Waals surface area contributed by atoms with Gasteiger partial charge in [-0.1, -0.05) is 6.07 Å². The molecule has 0 heterocycles. The molecule has 0 atom stereocenters. The van der Waals surface area contributed by atoms with Crippen LogP contribution in [0.3, 0.4) is 0 Å². The average Bonchev–Trinajstić information content (AvgIpc) is 2.32. The van der Waals surface area contributed by atoms with E-state index in [0.29, 0.717) is 0 Å². The van der Waals surface area contributed by atoms with Gasteiger partial charge in [0.1, 0.15) is 5.75 Å². The molecule has 0 fully saturated rings. The molecule has 0 aliphatic heterocycles. The first kappa shape index (κ1) is 14.4. The van der Waals surface area contributed by atoms with Crippen LogP contribution in [0.1, 0.15) is 24.0 Å². The van der Waals surface area contributed by atoms with Gasteiger partial charge in [0.25, 0.3) is 0 Å². The minimum Gasteiger partial charge on any atom is -0.494 e. The van der Waals surface area contributed by atoms with Crippen LogP contribution in [0, 0.1) is 13.8 Å². The number of hydrogen-bond acceptors (Lipinski definition) is 3. The van der Waals surface area contributed by atoms with E-state index in [2.05, 4.69) is 43.9 Å². The molecular weight excluding hydrogens is 230 g/mol. The van der Waals surface area contributed by atoms with Gasteiger partial charge in [-0.25, -0.2) is 0 Å². The zero-order valence-corrected chi connectivity index (χ0v) is 11.7. The quantitative estimate of drug-likeness (QED) is 0.549. The van der Waals surface area contributed by atoms with E-state index in [9.17, 15) is 0 Å². The first-order chi connectivity index (χ1) is 8.24. The Morgan fingerprint density at radius 3 is 2.65 bits per heavy atom. The molecule has 96 valence electrons. The summed E-state index contributed by atoms with van der Waals surface area (Å²) < 4.78 is 5.71. The van der Waals surface area contributed by atoms with E-state index in [4.69, 9.17) is 4.74 Å². The van der Waals surface area contributed by atoms with Crippen molar-refractivity contribution in [3.05, 3.63) is 29.3 Å². The van der Waals surface area contributed by atoms with Gasteiger partial charge in [0.15, 0.2) is 0 Å².